The minimum atomic E-state index is -0.581. The molecule has 0 aromatic heterocycles. The second-order valence-corrected chi connectivity index (χ2v) is 1.99. The van der Waals surface area contributed by atoms with E-state index in [1.54, 1.807) is 6.92 Å². The lowest BCUT2D eigenvalue weighted by molar-refractivity contribution is -0.140. The summed E-state index contributed by atoms with van der Waals surface area (Å²) in [6, 6.07) is 0. The summed E-state index contributed by atoms with van der Waals surface area (Å²) in [4.78, 5) is 10.4. The van der Waals surface area contributed by atoms with Crippen LogP contribution in [0.1, 0.15) is 6.92 Å². The Kier molecular flexibility index (Phi) is 1.21. The molecule has 1 rings (SSSR count). The molecular weight excluding hydrogens is 108 g/mol. The van der Waals surface area contributed by atoms with Gasteiger partial charge in [-0.25, -0.2) is 0 Å². The fourth-order valence-electron chi connectivity index (χ4n) is 0.600. The fraction of sp³-hybridized carbons (Fsp3) is 0.800. The van der Waals surface area contributed by atoms with E-state index in [4.69, 9.17) is 5.11 Å². The van der Waals surface area contributed by atoms with Crippen LogP contribution in [-0.4, -0.2) is 23.8 Å². The molecule has 0 amide bonds. The van der Waals surface area contributed by atoms with Gasteiger partial charge < -0.3 is 9.84 Å². The average molecular weight is 116 g/mol. The highest BCUT2D eigenvalue weighted by Crippen LogP contribution is 2.12. The van der Waals surface area contributed by atoms with Crippen LogP contribution in [0.4, 0.5) is 0 Å². The van der Waals surface area contributed by atoms with Crippen molar-refractivity contribution < 1.29 is 14.6 Å². The van der Waals surface area contributed by atoms with E-state index in [1.807, 2.05) is 0 Å². The molecule has 0 unspecified atom stereocenters. The molecule has 3 nitrogen and oxygen atoms in total. The number of cyclic esters (lactones) is 1. The van der Waals surface area contributed by atoms with Crippen LogP contribution in [0, 0.1) is 5.92 Å². The standard InChI is InChI=1S/C5H8O3/c1-3-4(6)2-8-5(3)7/h3-4,6H,2H2,1H3/t3-,4+/m1/s1. The van der Waals surface area contributed by atoms with E-state index in [1.165, 1.54) is 0 Å². The van der Waals surface area contributed by atoms with E-state index in [0.717, 1.165) is 0 Å². The molecule has 0 aromatic carbocycles. The number of aliphatic hydroxyl groups excluding tert-OH is 1. The summed E-state index contributed by atoms with van der Waals surface area (Å²) in [6.07, 6.45) is -0.581. The van der Waals surface area contributed by atoms with Crippen molar-refractivity contribution in [2.24, 2.45) is 5.92 Å². The fourth-order valence-corrected chi connectivity index (χ4v) is 0.600. The van der Waals surface area contributed by atoms with E-state index in [-0.39, 0.29) is 18.5 Å². The zero-order chi connectivity index (χ0) is 6.15. The molecule has 0 radical (unpaired) electrons. The van der Waals surface area contributed by atoms with Gasteiger partial charge in [-0.2, -0.15) is 0 Å². The number of hydrogen-bond acceptors (Lipinski definition) is 3. The van der Waals surface area contributed by atoms with Crippen molar-refractivity contribution in [3.8, 4) is 0 Å². The van der Waals surface area contributed by atoms with Crippen LogP contribution in [0.25, 0.3) is 0 Å². The third kappa shape index (κ3) is 0.690. The highest BCUT2D eigenvalue weighted by Gasteiger charge is 2.30. The summed E-state index contributed by atoms with van der Waals surface area (Å²) >= 11 is 0. The van der Waals surface area contributed by atoms with E-state index in [9.17, 15) is 4.79 Å². The lowest BCUT2D eigenvalue weighted by atomic mass is 10.1. The van der Waals surface area contributed by atoms with E-state index < -0.39 is 6.10 Å². The second-order valence-electron chi connectivity index (χ2n) is 1.99. The summed E-state index contributed by atoms with van der Waals surface area (Å²) in [5.74, 6) is -0.618. The van der Waals surface area contributed by atoms with Gasteiger partial charge >= 0.3 is 5.97 Å². The maximum atomic E-state index is 10.4. The Morgan fingerprint density at radius 3 is 2.62 bits per heavy atom. The Balaban J connectivity index is 2.56. The SMILES string of the molecule is C[C@H]1C(=O)OC[C@@H]1O. The summed E-state index contributed by atoms with van der Waals surface area (Å²) in [7, 11) is 0. The molecule has 2 atom stereocenters. The third-order valence-corrected chi connectivity index (χ3v) is 1.35. The molecule has 1 saturated heterocycles. The number of esters is 1. The van der Waals surface area contributed by atoms with Crippen molar-refractivity contribution in [3.05, 3.63) is 0 Å². The molecular formula is C5H8O3. The van der Waals surface area contributed by atoms with Crippen LogP contribution in [0.15, 0.2) is 0 Å². The highest BCUT2D eigenvalue weighted by atomic mass is 16.6. The van der Waals surface area contributed by atoms with Crippen molar-refractivity contribution >= 4 is 5.97 Å². The van der Waals surface area contributed by atoms with Gasteiger partial charge in [-0.15, -0.1) is 0 Å². The maximum Gasteiger partial charge on any atom is 0.311 e. The minimum Gasteiger partial charge on any atom is -0.463 e. The number of aliphatic hydroxyl groups is 1. The van der Waals surface area contributed by atoms with Crippen molar-refractivity contribution in [3.63, 3.8) is 0 Å². The number of carbonyl (C=O) groups is 1. The van der Waals surface area contributed by atoms with Gasteiger partial charge in [0, 0.05) is 0 Å². The molecule has 1 N–H and O–H groups in total. The van der Waals surface area contributed by atoms with Crippen LogP contribution in [0.3, 0.4) is 0 Å². The largest absolute Gasteiger partial charge is 0.463 e. The van der Waals surface area contributed by atoms with E-state index >= 15 is 0 Å². The van der Waals surface area contributed by atoms with Crippen LogP contribution < -0.4 is 0 Å². The summed E-state index contributed by atoms with van der Waals surface area (Å²) in [6.45, 7) is 1.82. The number of hydrogen-bond donors (Lipinski definition) is 1. The molecule has 0 aliphatic carbocycles. The zero-order valence-electron chi connectivity index (χ0n) is 4.63. The summed E-state index contributed by atoms with van der Waals surface area (Å²) in [5.41, 5.74) is 0. The first kappa shape index (κ1) is 5.56. The quantitative estimate of drug-likeness (QED) is 0.435. The molecule has 0 aromatic rings. The van der Waals surface area contributed by atoms with Crippen molar-refractivity contribution in [1.82, 2.24) is 0 Å². The Morgan fingerprint density at radius 2 is 2.50 bits per heavy atom. The van der Waals surface area contributed by atoms with Gasteiger partial charge in [-0.3, -0.25) is 4.79 Å². The molecule has 0 spiro atoms. The second kappa shape index (κ2) is 1.74. The monoisotopic (exact) mass is 116 g/mol. The topological polar surface area (TPSA) is 46.5 Å². The molecule has 1 fully saturated rings. The smallest absolute Gasteiger partial charge is 0.311 e. The molecule has 0 bridgehead atoms. The zero-order valence-corrected chi connectivity index (χ0v) is 4.63. The van der Waals surface area contributed by atoms with Gasteiger partial charge in [0.15, 0.2) is 0 Å². The number of ether oxygens (including phenoxy) is 1. The lowest BCUT2D eigenvalue weighted by Crippen LogP contribution is -2.16. The average Bonchev–Trinajstić information content (AvgIpc) is 1.98. The first-order chi connectivity index (χ1) is 3.72. The van der Waals surface area contributed by atoms with Crippen LogP contribution in [-0.2, 0) is 9.53 Å². The highest BCUT2D eigenvalue weighted by molar-refractivity contribution is 5.74. The van der Waals surface area contributed by atoms with Gasteiger partial charge in [0.2, 0.25) is 0 Å². The molecule has 46 valence electrons. The maximum absolute atomic E-state index is 10.4. The van der Waals surface area contributed by atoms with Crippen LogP contribution in [0.2, 0.25) is 0 Å². The first-order valence-corrected chi connectivity index (χ1v) is 2.56. The van der Waals surface area contributed by atoms with Gasteiger partial charge in [-0.05, 0) is 6.92 Å². The lowest BCUT2D eigenvalue weighted by Gasteiger charge is -1.97. The molecule has 3 heteroatoms. The third-order valence-electron chi connectivity index (χ3n) is 1.35. The molecule has 1 heterocycles. The predicted molar refractivity (Wildman–Crippen MR) is 26.1 cm³/mol. The molecule has 0 saturated carbocycles. The van der Waals surface area contributed by atoms with Gasteiger partial charge in [0.05, 0.1) is 5.92 Å². The van der Waals surface area contributed by atoms with Gasteiger partial charge in [0.25, 0.3) is 0 Å². The minimum absolute atomic E-state index is 0.167. The van der Waals surface area contributed by atoms with Gasteiger partial charge in [-0.1, -0.05) is 0 Å². The Bertz CT molecular complexity index is 110. The van der Waals surface area contributed by atoms with Crippen LogP contribution in [0.5, 0.6) is 0 Å². The van der Waals surface area contributed by atoms with Crippen molar-refractivity contribution in [1.29, 1.82) is 0 Å². The van der Waals surface area contributed by atoms with Crippen LogP contribution >= 0.6 is 0 Å². The molecule has 8 heavy (non-hydrogen) atoms. The Hall–Kier alpha value is -0.570. The molecule has 1 aliphatic rings. The molecule has 1 aliphatic heterocycles. The normalized spacial score (nSPS) is 37.5. The van der Waals surface area contributed by atoms with Crippen molar-refractivity contribution in [2.75, 3.05) is 6.61 Å². The summed E-state index contributed by atoms with van der Waals surface area (Å²) < 4.78 is 4.49. The summed E-state index contributed by atoms with van der Waals surface area (Å²) in [5, 5.41) is 8.82. The van der Waals surface area contributed by atoms with Gasteiger partial charge in [0.1, 0.15) is 12.7 Å². The number of carbonyl (C=O) groups excluding carboxylic acids is 1. The first-order valence-electron chi connectivity index (χ1n) is 2.56. The van der Waals surface area contributed by atoms with E-state index in [2.05, 4.69) is 4.74 Å². The Labute approximate surface area is 47.3 Å². The number of rotatable bonds is 0. The van der Waals surface area contributed by atoms with Crippen molar-refractivity contribution in [2.45, 2.75) is 13.0 Å². The Morgan fingerprint density at radius 1 is 1.88 bits per heavy atom. The predicted octanol–water partition coefficient (Wildman–Crippen LogP) is -0.460. The van der Waals surface area contributed by atoms with E-state index in [0.29, 0.717) is 0 Å².